The second-order valence-electron chi connectivity index (χ2n) is 4.45. The summed E-state index contributed by atoms with van der Waals surface area (Å²) < 4.78 is 22.7. The molecule has 0 heterocycles. The van der Waals surface area contributed by atoms with Gasteiger partial charge in [-0.15, -0.1) is 0 Å². The Hall–Kier alpha value is -1.36. The molecule has 0 radical (unpaired) electrons. The Balaban J connectivity index is 2.11. The van der Waals surface area contributed by atoms with Gasteiger partial charge in [0.25, 0.3) is 5.91 Å². The minimum Gasteiger partial charge on any atom is -0.352 e. The van der Waals surface area contributed by atoms with Crippen LogP contribution in [-0.2, 0) is 9.84 Å². The van der Waals surface area contributed by atoms with E-state index in [1.54, 1.807) is 12.1 Å². The van der Waals surface area contributed by atoms with Gasteiger partial charge in [-0.2, -0.15) is 0 Å². The molecule has 17 heavy (non-hydrogen) atoms. The number of hydrogen-bond acceptors (Lipinski definition) is 3. The van der Waals surface area contributed by atoms with Gasteiger partial charge in [0.2, 0.25) is 0 Å². The number of hydrogen-bond donors (Lipinski definition) is 1. The Morgan fingerprint density at radius 3 is 2.71 bits per heavy atom. The Labute approximate surface area is 101 Å². The van der Waals surface area contributed by atoms with E-state index in [1.165, 1.54) is 25.0 Å². The Morgan fingerprint density at radius 2 is 2.12 bits per heavy atom. The molecule has 2 rings (SSSR count). The van der Waals surface area contributed by atoms with Crippen molar-refractivity contribution in [1.29, 1.82) is 0 Å². The highest BCUT2D eigenvalue weighted by molar-refractivity contribution is 7.90. The van der Waals surface area contributed by atoms with Crippen LogP contribution in [0.2, 0.25) is 0 Å². The Morgan fingerprint density at radius 1 is 1.41 bits per heavy atom. The number of benzene rings is 1. The summed E-state index contributed by atoms with van der Waals surface area (Å²) >= 11 is 0. The molecule has 1 aliphatic rings. The molecule has 92 valence electrons. The fourth-order valence-electron chi connectivity index (χ4n) is 1.53. The lowest BCUT2D eigenvalue weighted by molar-refractivity contribution is 0.0951. The lowest BCUT2D eigenvalue weighted by atomic mass is 10.2. The van der Waals surface area contributed by atoms with Crippen LogP contribution in [0.15, 0.2) is 29.2 Å². The monoisotopic (exact) mass is 253 g/mol. The van der Waals surface area contributed by atoms with Gasteiger partial charge in [-0.05, 0) is 37.0 Å². The summed E-state index contributed by atoms with van der Waals surface area (Å²) in [6.07, 6.45) is 3.47. The lowest BCUT2D eigenvalue weighted by Crippen LogP contribution is -2.25. The van der Waals surface area contributed by atoms with E-state index < -0.39 is 9.84 Å². The van der Waals surface area contributed by atoms with Crippen molar-refractivity contribution >= 4 is 15.7 Å². The molecule has 1 saturated carbocycles. The average Bonchev–Trinajstić information content (AvgIpc) is 3.09. The molecule has 0 aliphatic heterocycles. The smallest absolute Gasteiger partial charge is 0.251 e. The number of sulfone groups is 1. The maximum absolute atomic E-state index is 11.8. The molecule has 5 heteroatoms. The van der Waals surface area contributed by atoms with Gasteiger partial charge in [-0.25, -0.2) is 8.42 Å². The van der Waals surface area contributed by atoms with Crippen LogP contribution in [0.5, 0.6) is 0 Å². The molecule has 1 aromatic rings. The molecule has 0 atom stereocenters. The van der Waals surface area contributed by atoms with Crippen molar-refractivity contribution in [1.82, 2.24) is 5.32 Å². The van der Waals surface area contributed by atoms with Crippen LogP contribution in [0.4, 0.5) is 0 Å². The molecule has 0 bridgehead atoms. The minimum absolute atomic E-state index is 0.177. The van der Waals surface area contributed by atoms with E-state index in [2.05, 4.69) is 5.32 Å². The van der Waals surface area contributed by atoms with Gasteiger partial charge in [0, 0.05) is 18.4 Å². The molecule has 1 amide bonds. The predicted molar refractivity (Wildman–Crippen MR) is 64.6 cm³/mol. The molecule has 0 spiro atoms. The van der Waals surface area contributed by atoms with Crippen LogP contribution < -0.4 is 5.32 Å². The van der Waals surface area contributed by atoms with Gasteiger partial charge < -0.3 is 5.32 Å². The van der Waals surface area contributed by atoms with Crippen molar-refractivity contribution in [3.05, 3.63) is 29.8 Å². The lowest BCUT2D eigenvalue weighted by Gasteiger charge is -2.05. The third-order valence-corrected chi connectivity index (χ3v) is 3.88. The standard InChI is InChI=1S/C12H15NO3S/c1-17(15,16)11-4-2-3-10(7-11)12(14)13-8-9-5-6-9/h2-4,7,9H,5-6,8H2,1H3,(H,13,14). The van der Waals surface area contributed by atoms with Crippen LogP contribution in [0.1, 0.15) is 23.2 Å². The predicted octanol–water partition coefficient (Wildman–Crippen LogP) is 1.23. The summed E-state index contributed by atoms with van der Waals surface area (Å²) in [5.74, 6) is 0.402. The highest BCUT2D eigenvalue weighted by Gasteiger charge is 2.22. The van der Waals surface area contributed by atoms with Crippen LogP contribution in [0.25, 0.3) is 0 Å². The first-order valence-corrected chi connectivity index (χ1v) is 7.44. The fourth-order valence-corrected chi connectivity index (χ4v) is 2.20. The Bertz CT molecular complexity index is 532. The second-order valence-corrected chi connectivity index (χ2v) is 6.47. The molecule has 1 fully saturated rings. The molecule has 4 nitrogen and oxygen atoms in total. The molecule has 0 unspecified atom stereocenters. The van der Waals surface area contributed by atoms with E-state index in [4.69, 9.17) is 0 Å². The molecule has 1 aliphatic carbocycles. The normalized spacial score (nSPS) is 15.6. The van der Waals surface area contributed by atoms with Crippen molar-refractivity contribution in [2.75, 3.05) is 12.8 Å². The molecule has 1 N–H and O–H groups in total. The third kappa shape index (κ3) is 3.30. The third-order valence-electron chi connectivity index (χ3n) is 2.77. The summed E-state index contributed by atoms with van der Waals surface area (Å²) in [5, 5.41) is 2.81. The van der Waals surface area contributed by atoms with Crippen LogP contribution >= 0.6 is 0 Å². The molecule has 0 saturated heterocycles. The van der Waals surface area contributed by atoms with Crippen LogP contribution in [0, 0.1) is 5.92 Å². The molecular weight excluding hydrogens is 238 g/mol. The van der Waals surface area contributed by atoms with E-state index in [1.807, 2.05) is 0 Å². The van der Waals surface area contributed by atoms with Crippen molar-refractivity contribution in [2.24, 2.45) is 5.92 Å². The largest absolute Gasteiger partial charge is 0.352 e. The van der Waals surface area contributed by atoms with Crippen molar-refractivity contribution in [3.63, 3.8) is 0 Å². The van der Waals surface area contributed by atoms with E-state index in [9.17, 15) is 13.2 Å². The molecular formula is C12H15NO3S. The second kappa shape index (κ2) is 4.49. The average molecular weight is 253 g/mol. The van der Waals surface area contributed by atoms with Crippen molar-refractivity contribution in [3.8, 4) is 0 Å². The number of nitrogens with one attached hydrogen (secondary N) is 1. The van der Waals surface area contributed by atoms with Gasteiger partial charge in [0.05, 0.1) is 4.90 Å². The minimum atomic E-state index is -3.26. The summed E-state index contributed by atoms with van der Waals surface area (Å²) in [6.45, 7) is 0.682. The number of amides is 1. The first-order valence-electron chi connectivity index (χ1n) is 5.55. The SMILES string of the molecule is CS(=O)(=O)c1cccc(C(=O)NCC2CC2)c1. The first kappa shape index (κ1) is 12.1. The van der Waals surface area contributed by atoms with E-state index in [0.717, 1.165) is 6.26 Å². The highest BCUT2D eigenvalue weighted by Crippen LogP contribution is 2.27. The highest BCUT2D eigenvalue weighted by atomic mass is 32.2. The molecule has 1 aromatic carbocycles. The first-order chi connectivity index (χ1) is 7.97. The van der Waals surface area contributed by atoms with Gasteiger partial charge in [0.15, 0.2) is 9.84 Å². The van der Waals surface area contributed by atoms with E-state index in [0.29, 0.717) is 18.0 Å². The van der Waals surface area contributed by atoms with Gasteiger partial charge >= 0.3 is 0 Å². The molecule has 0 aromatic heterocycles. The summed E-state index contributed by atoms with van der Waals surface area (Å²) in [5.41, 5.74) is 0.397. The summed E-state index contributed by atoms with van der Waals surface area (Å²) in [4.78, 5) is 11.9. The zero-order chi connectivity index (χ0) is 12.5. The van der Waals surface area contributed by atoms with Crippen molar-refractivity contribution in [2.45, 2.75) is 17.7 Å². The zero-order valence-electron chi connectivity index (χ0n) is 9.64. The van der Waals surface area contributed by atoms with Crippen LogP contribution in [-0.4, -0.2) is 27.1 Å². The van der Waals surface area contributed by atoms with Crippen molar-refractivity contribution < 1.29 is 13.2 Å². The maximum atomic E-state index is 11.8. The number of carbonyl (C=O) groups is 1. The topological polar surface area (TPSA) is 63.2 Å². The Kier molecular flexibility index (Phi) is 3.19. The zero-order valence-corrected chi connectivity index (χ0v) is 10.5. The maximum Gasteiger partial charge on any atom is 0.251 e. The quantitative estimate of drug-likeness (QED) is 0.877. The van der Waals surface area contributed by atoms with Gasteiger partial charge in [-0.1, -0.05) is 6.07 Å². The van der Waals surface area contributed by atoms with E-state index in [-0.39, 0.29) is 10.8 Å². The number of carbonyl (C=O) groups excluding carboxylic acids is 1. The number of rotatable bonds is 4. The summed E-state index contributed by atoms with van der Waals surface area (Å²) in [6, 6.07) is 6.11. The van der Waals surface area contributed by atoms with Gasteiger partial charge in [-0.3, -0.25) is 4.79 Å². The van der Waals surface area contributed by atoms with Crippen LogP contribution in [0.3, 0.4) is 0 Å². The van der Waals surface area contributed by atoms with E-state index >= 15 is 0 Å². The fraction of sp³-hybridized carbons (Fsp3) is 0.417. The van der Waals surface area contributed by atoms with Gasteiger partial charge in [0.1, 0.15) is 0 Å². The summed E-state index contributed by atoms with van der Waals surface area (Å²) in [7, 11) is -3.26.